The maximum Gasteiger partial charge on any atom is 0.129 e. The largest absolute Gasteiger partial charge is 0.497 e. The molecule has 1 atom stereocenters. The second kappa shape index (κ2) is 11.3. The van der Waals surface area contributed by atoms with E-state index in [1.165, 1.54) is 0 Å². The molecule has 0 aliphatic carbocycles. The highest BCUT2D eigenvalue weighted by atomic mass is 16.5. The average molecular weight is 467 g/mol. The van der Waals surface area contributed by atoms with Gasteiger partial charge in [0.25, 0.3) is 0 Å². The molecule has 7 nitrogen and oxygen atoms in total. The molecule has 34 heavy (non-hydrogen) atoms. The van der Waals surface area contributed by atoms with Crippen molar-refractivity contribution < 1.29 is 33.5 Å². The molecule has 0 fully saturated rings. The highest BCUT2D eigenvalue weighted by molar-refractivity contribution is 5.75. The monoisotopic (exact) mass is 466 g/mol. The lowest BCUT2D eigenvalue weighted by Gasteiger charge is -2.21. The molecular weight excluding hydrogens is 436 g/mol. The van der Waals surface area contributed by atoms with Gasteiger partial charge in [0, 0.05) is 29.3 Å². The summed E-state index contributed by atoms with van der Waals surface area (Å²) in [6.45, 7) is 0. The SMILES string of the molecule is COc1cc(C=Cc2cc(OC)cc(OC)c2C(O)c2ccc(OC)cc2OC)cc(OC)c1. The standard InChI is InChI=1S/C27H30O7/c1-29-19-9-10-23(24(15-19)33-5)27(28)26-18(13-22(32-4)16-25(26)34-6)8-7-17-11-20(30-2)14-21(12-17)31-3/h7-16,27-28H,1-6H3. The predicted octanol–water partition coefficient (Wildman–Crippen LogP) is 4.99. The molecule has 0 bridgehead atoms. The molecule has 1 N–H and O–H groups in total. The zero-order chi connectivity index (χ0) is 24.7. The van der Waals surface area contributed by atoms with E-state index >= 15 is 0 Å². The number of hydrogen-bond acceptors (Lipinski definition) is 7. The van der Waals surface area contributed by atoms with Crippen LogP contribution in [0.4, 0.5) is 0 Å². The Bertz CT molecular complexity index is 1130. The van der Waals surface area contributed by atoms with Gasteiger partial charge in [-0.05, 0) is 41.5 Å². The first-order valence-corrected chi connectivity index (χ1v) is 10.5. The molecule has 1 unspecified atom stereocenters. The summed E-state index contributed by atoms with van der Waals surface area (Å²) in [4.78, 5) is 0. The fourth-order valence-electron chi connectivity index (χ4n) is 3.65. The van der Waals surface area contributed by atoms with E-state index < -0.39 is 6.10 Å². The highest BCUT2D eigenvalue weighted by Crippen LogP contribution is 2.41. The fourth-order valence-corrected chi connectivity index (χ4v) is 3.65. The summed E-state index contributed by atoms with van der Waals surface area (Å²) in [6.07, 6.45) is 2.75. The molecule has 0 saturated heterocycles. The van der Waals surface area contributed by atoms with Gasteiger partial charge in [0.1, 0.15) is 40.6 Å². The van der Waals surface area contributed by atoms with Gasteiger partial charge in [-0.1, -0.05) is 12.2 Å². The zero-order valence-corrected chi connectivity index (χ0v) is 20.2. The number of aliphatic hydroxyl groups excluding tert-OH is 1. The number of aliphatic hydroxyl groups is 1. The summed E-state index contributed by atoms with van der Waals surface area (Å²) in [5.41, 5.74) is 2.71. The van der Waals surface area contributed by atoms with Gasteiger partial charge in [-0.3, -0.25) is 0 Å². The molecule has 3 aromatic rings. The Balaban J connectivity index is 2.14. The fraction of sp³-hybridized carbons (Fsp3) is 0.259. The normalized spacial score (nSPS) is 11.7. The molecule has 0 radical (unpaired) electrons. The van der Waals surface area contributed by atoms with Crippen molar-refractivity contribution in [3.05, 3.63) is 70.8 Å². The minimum absolute atomic E-state index is 0.479. The highest BCUT2D eigenvalue weighted by Gasteiger charge is 2.23. The average Bonchev–Trinajstić information content (AvgIpc) is 2.89. The van der Waals surface area contributed by atoms with Crippen LogP contribution in [0, 0.1) is 0 Å². The number of rotatable bonds is 10. The molecule has 180 valence electrons. The van der Waals surface area contributed by atoms with Gasteiger partial charge in [-0.2, -0.15) is 0 Å². The van der Waals surface area contributed by atoms with Gasteiger partial charge < -0.3 is 33.5 Å². The summed E-state index contributed by atoms with van der Waals surface area (Å²) in [6, 6.07) is 14.4. The Morgan fingerprint density at radius 2 is 1.15 bits per heavy atom. The predicted molar refractivity (Wildman–Crippen MR) is 132 cm³/mol. The van der Waals surface area contributed by atoms with Crippen molar-refractivity contribution >= 4 is 12.2 Å². The van der Waals surface area contributed by atoms with Crippen molar-refractivity contribution in [2.75, 3.05) is 42.7 Å². The van der Waals surface area contributed by atoms with E-state index in [1.54, 1.807) is 73.0 Å². The summed E-state index contributed by atoms with van der Waals surface area (Å²) < 4.78 is 32.6. The minimum atomic E-state index is -1.04. The quantitative estimate of drug-likeness (QED) is 0.422. The lowest BCUT2D eigenvalue weighted by molar-refractivity contribution is 0.209. The van der Waals surface area contributed by atoms with Crippen molar-refractivity contribution in [3.8, 4) is 34.5 Å². The Morgan fingerprint density at radius 3 is 1.71 bits per heavy atom. The molecule has 0 aliphatic rings. The molecule has 0 amide bonds. The summed E-state index contributed by atoms with van der Waals surface area (Å²) in [5, 5.41) is 11.5. The molecule has 7 heteroatoms. The van der Waals surface area contributed by atoms with E-state index in [4.69, 9.17) is 28.4 Å². The van der Waals surface area contributed by atoms with Gasteiger partial charge in [0.15, 0.2) is 0 Å². The number of benzene rings is 3. The summed E-state index contributed by atoms with van der Waals surface area (Å²) in [5.74, 6) is 3.54. The number of methoxy groups -OCH3 is 6. The van der Waals surface area contributed by atoms with E-state index in [2.05, 4.69) is 0 Å². The first-order valence-electron chi connectivity index (χ1n) is 10.5. The maximum absolute atomic E-state index is 11.5. The van der Waals surface area contributed by atoms with Crippen LogP contribution in [0.1, 0.15) is 28.4 Å². The van der Waals surface area contributed by atoms with Crippen molar-refractivity contribution in [2.24, 2.45) is 0 Å². The topological polar surface area (TPSA) is 75.6 Å². The molecule has 0 spiro atoms. The lowest BCUT2D eigenvalue weighted by atomic mass is 9.94. The van der Waals surface area contributed by atoms with Crippen LogP contribution in [-0.2, 0) is 0 Å². The second-order valence-corrected chi connectivity index (χ2v) is 7.32. The van der Waals surface area contributed by atoms with Crippen LogP contribution in [0.15, 0.2) is 48.5 Å². The molecule has 0 aliphatic heterocycles. The first kappa shape index (κ1) is 24.8. The smallest absolute Gasteiger partial charge is 0.129 e. The van der Waals surface area contributed by atoms with Crippen LogP contribution in [0.2, 0.25) is 0 Å². The number of hydrogen-bond donors (Lipinski definition) is 1. The Hall–Kier alpha value is -3.84. The van der Waals surface area contributed by atoms with E-state index in [0.717, 1.165) is 5.56 Å². The number of ether oxygens (including phenoxy) is 6. The van der Waals surface area contributed by atoms with Crippen LogP contribution in [0.3, 0.4) is 0 Å². The van der Waals surface area contributed by atoms with E-state index in [0.29, 0.717) is 51.2 Å². The van der Waals surface area contributed by atoms with Crippen LogP contribution in [-0.4, -0.2) is 47.8 Å². The summed E-state index contributed by atoms with van der Waals surface area (Å²) in [7, 11) is 9.47. The van der Waals surface area contributed by atoms with Crippen molar-refractivity contribution in [1.82, 2.24) is 0 Å². The van der Waals surface area contributed by atoms with E-state index in [-0.39, 0.29) is 0 Å². The minimum Gasteiger partial charge on any atom is -0.497 e. The van der Waals surface area contributed by atoms with Crippen LogP contribution < -0.4 is 28.4 Å². The second-order valence-electron chi connectivity index (χ2n) is 7.32. The van der Waals surface area contributed by atoms with E-state index in [9.17, 15) is 5.11 Å². The third kappa shape index (κ3) is 5.38. The lowest BCUT2D eigenvalue weighted by Crippen LogP contribution is -2.07. The van der Waals surface area contributed by atoms with Crippen molar-refractivity contribution in [3.63, 3.8) is 0 Å². The zero-order valence-electron chi connectivity index (χ0n) is 20.2. The van der Waals surface area contributed by atoms with E-state index in [1.807, 2.05) is 30.4 Å². The molecule has 3 rings (SSSR count). The maximum atomic E-state index is 11.5. The molecule has 0 aromatic heterocycles. The molecule has 3 aromatic carbocycles. The van der Waals surface area contributed by atoms with Crippen LogP contribution >= 0.6 is 0 Å². The van der Waals surface area contributed by atoms with Gasteiger partial charge in [-0.15, -0.1) is 0 Å². The molecular formula is C27H30O7. The van der Waals surface area contributed by atoms with Gasteiger partial charge >= 0.3 is 0 Å². The third-order valence-electron chi connectivity index (χ3n) is 5.44. The third-order valence-corrected chi connectivity index (χ3v) is 5.44. The van der Waals surface area contributed by atoms with Crippen LogP contribution in [0.25, 0.3) is 12.2 Å². The van der Waals surface area contributed by atoms with Gasteiger partial charge in [0.2, 0.25) is 0 Å². The summed E-state index contributed by atoms with van der Waals surface area (Å²) >= 11 is 0. The van der Waals surface area contributed by atoms with Gasteiger partial charge in [0.05, 0.1) is 42.7 Å². The first-order chi connectivity index (χ1) is 16.5. The molecule has 0 saturated carbocycles. The van der Waals surface area contributed by atoms with Crippen molar-refractivity contribution in [1.29, 1.82) is 0 Å². The molecule has 0 heterocycles. The van der Waals surface area contributed by atoms with Gasteiger partial charge in [-0.25, -0.2) is 0 Å². The Labute approximate surface area is 200 Å². The Morgan fingerprint density at radius 1 is 0.588 bits per heavy atom. The Kier molecular flexibility index (Phi) is 8.27. The van der Waals surface area contributed by atoms with Crippen molar-refractivity contribution in [2.45, 2.75) is 6.10 Å². The van der Waals surface area contributed by atoms with Crippen LogP contribution in [0.5, 0.6) is 34.5 Å².